The number of carbonyl (C=O) groups is 3. The number of carboxylic acid groups (broad SMARTS) is 1. The molecule has 2 atom stereocenters. The minimum atomic E-state index is -1.13. The standard InChI is InChI=1S/C47H79NO7/c1-6-8-10-12-14-16-17-18-19-20-21-22-23-24-25-26-27-28-30-31-33-35-37-45(49)54-42-43(41-53-40-39-44(47(51)52)48(3,4)5)55-46(50)38-36-34-32-29-15-13-11-9-7-2/h8-11,14-16,18-19,21-22,29,43-44H,6-7,12-13,17,20,23-28,30-42H2,1-5H3/b10-8+,11-9+,16-14+,19-18+,22-21+,29-15+. The summed E-state index contributed by atoms with van der Waals surface area (Å²) < 4.78 is 17.1. The van der Waals surface area contributed by atoms with Gasteiger partial charge in [0, 0.05) is 19.3 Å². The molecule has 0 saturated heterocycles. The third-order valence-electron chi connectivity index (χ3n) is 9.09. The van der Waals surface area contributed by atoms with E-state index in [4.69, 9.17) is 14.2 Å². The highest BCUT2D eigenvalue weighted by Crippen LogP contribution is 2.13. The van der Waals surface area contributed by atoms with E-state index in [-0.39, 0.29) is 49.1 Å². The SMILES string of the molecule is CC/C=C/C/C=C/C/C=C/C/C=C/CCCCCCCCCCCC(=O)OCC(COCCC(C(=O)[O-])[N+](C)(C)C)OC(=O)CCCC/C=C/C/C=C/CC. The fourth-order valence-electron chi connectivity index (χ4n) is 5.80. The van der Waals surface area contributed by atoms with Crippen LogP contribution in [0.25, 0.3) is 0 Å². The molecule has 0 heterocycles. The Morgan fingerprint density at radius 1 is 0.545 bits per heavy atom. The molecule has 0 N–H and O–H groups in total. The number of hydrogen-bond acceptors (Lipinski definition) is 7. The molecular weight excluding hydrogens is 691 g/mol. The second-order valence-corrected chi connectivity index (χ2v) is 15.2. The molecule has 0 radical (unpaired) electrons. The van der Waals surface area contributed by atoms with Crippen molar-refractivity contribution in [1.82, 2.24) is 0 Å². The van der Waals surface area contributed by atoms with E-state index < -0.39 is 18.1 Å². The molecule has 0 aromatic carbocycles. The van der Waals surface area contributed by atoms with Crippen LogP contribution in [0.15, 0.2) is 72.9 Å². The van der Waals surface area contributed by atoms with Crippen molar-refractivity contribution in [3.63, 3.8) is 0 Å². The van der Waals surface area contributed by atoms with Crippen molar-refractivity contribution in [2.75, 3.05) is 41.0 Å². The Morgan fingerprint density at radius 3 is 1.45 bits per heavy atom. The van der Waals surface area contributed by atoms with Gasteiger partial charge in [-0.25, -0.2) is 0 Å². The highest BCUT2D eigenvalue weighted by atomic mass is 16.6. The number of ether oxygens (including phenoxy) is 3. The molecule has 0 bridgehead atoms. The first-order valence-corrected chi connectivity index (χ1v) is 21.5. The molecule has 0 aromatic heterocycles. The van der Waals surface area contributed by atoms with Crippen LogP contribution in [0.1, 0.15) is 155 Å². The summed E-state index contributed by atoms with van der Waals surface area (Å²) >= 11 is 0. The highest BCUT2D eigenvalue weighted by molar-refractivity contribution is 5.70. The number of quaternary nitrogens is 1. The average Bonchev–Trinajstić information content (AvgIpc) is 3.14. The van der Waals surface area contributed by atoms with Crippen molar-refractivity contribution in [3.05, 3.63) is 72.9 Å². The summed E-state index contributed by atoms with van der Waals surface area (Å²) in [6.07, 6.45) is 46.6. The van der Waals surface area contributed by atoms with E-state index in [1.165, 1.54) is 38.5 Å². The van der Waals surface area contributed by atoms with Gasteiger partial charge in [-0.3, -0.25) is 9.59 Å². The molecule has 0 fully saturated rings. The van der Waals surface area contributed by atoms with Gasteiger partial charge in [-0.15, -0.1) is 0 Å². The summed E-state index contributed by atoms with van der Waals surface area (Å²) in [5, 5.41) is 11.6. The maximum atomic E-state index is 12.6. The van der Waals surface area contributed by atoms with E-state index in [1.54, 1.807) is 21.1 Å². The molecule has 0 aliphatic rings. The second kappa shape index (κ2) is 37.7. The first-order chi connectivity index (χ1) is 26.6. The van der Waals surface area contributed by atoms with Crippen molar-refractivity contribution in [2.45, 2.75) is 167 Å². The van der Waals surface area contributed by atoms with Gasteiger partial charge in [0.25, 0.3) is 0 Å². The minimum Gasteiger partial charge on any atom is -0.544 e. The van der Waals surface area contributed by atoms with Gasteiger partial charge in [0.15, 0.2) is 6.10 Å². The molecular formula is C47H79NO7. The zero-order valence-corrected chi connectivity index (χ0v) is 35.6. The molecule has 0 aromatic rings. The normalized spacial score (nSPS) is 13.7. The van der Waals surface area contributed by atoms with Crippen LogP contribution in [0.2, 0.25) is 0 Å². The largest absolute Gasteiger partial charge is 0.544 e. The van der Waals surface area contributed by atoms with E-state index >= 15 is 0 Å². The van der Waals surface area contributed by atoms with Gasteiger partial charge in [-0.2, -0.15) is 0 Å². The Hall–Kier alpha value is -3.23. The lowest BCUT2D eigenvalue weighted by Crippen LogP contribution is -2.55. The van der Waals surface area contributed by atoms with Gasteiger partial charge >= 0.3 is 11.9 Å². The van der Waals surface area contributed by atoms with E-state index in [9.17, 15) is 19.5 Å². The molecule has 55 heavy (non-hydrogen) atoms. The summed E-state index contributed by atoms with van der Waals surface area (Å²) in [4.78, 5) is 36.7. The molecule has 0 aliphatic carbocycles. The van der Waals surface area contributed by atoms with Crippen LogP contribution in [0.3, 0.4) is 0 Å². The van der Waals surface area contributed by atoms with Gasteiger partial charge in [-0.05, 0) is 77.0 Å². The Bertz CT molecular complexity index is 1130. The van der Waals surface area contributed by atoms with E-state index in [1.807, 2.05) is 0 Å². The molecule has 314 valence electrons. The van der Waals surface area contributed by atoms with Gasteiger partial charge in [-0.1, -0.05) is 132 Å². The number of carbonyl (C=O) groups excluding carboxylic acids is 3. The maximum absolute atomic E-state index is 12.6. The predicted molar refractivity (Wildman–Crippen MR) is 226 cm³/mol. The number of hydrogen-bond donors (Lipinski definition) is 0. The van der Waals surface area contributed by atoms with Crippen molar-refractivity contribution in [1.29, 1.82) is 0 Å². The summed E-state index contributed by atoms with van der Waals surface area (Å²) in [6.45, 7) is 4.36. The zero-order chi connectivity index (χ0) is 40.7. The summed E-state index contributed by atoms with van der Waals surface area (Å²) in [5.74, 6) is -1.80. The number of carboxylic acids is 1. The smallest absolute Gasteiger partial charge is 0.306 e. The van der Waals surface area contributed by atoms with Crippen molar-refractivity contribution in [3.8, 4) is 0 Å². The monoisotopic (exact) mass is 770 g/mol. The van der Waals surface area contributed by atoms with Gasteiger partial charge in [0.2, 0.25) is 0 Å². The Morgan fingerprint density at radius 2 is 0.964 bits per heavy atom. The highest BCUT2D eigenvalue weighted by Gasteiger charge is 2.25. The van der Waals surface area contributed by atoms with Crippen LogP contribution in [-0.2, 0) is 28.6 Å². The third-order valence-corrected chi connectivity index (χ3v) is 9.09. The molecule has 0 rings (SSSR count). The molecule has 8 heteroatoms. The molecule has 0 aliphatic heterocycles. The van der Waals surface area contributed by atoms with Crippen LogP contribution < -0.4 is 5.11 Å². The van der Waals surface area contributed by atoms with Crippen molar-refractivity contribution in [2.24, 2.45) is 0 Å². The number of rotatable bonds is 37. The Balaban J connectivity index is 4.25. The first-order valence-electron chi connectivity index (χ1n) is 21.5. The van der Waals surface area contributed by atoms with Crippen LogP contribution in [0, 0.1) is 0 Å². The van der Waals surface area contributed by atoms with Crippen molar-refractivity contribution < 1.29 is 38.2 Å². The fourth-order valence-corrected chi connectivity index (χ4v) is 5.80. The van der Waals surface area contributed by atoms with Crippen molar-refractivity contribution >= 4 is 17.9 Å². The lowest BCUT2D eigenvalue weighted by molar-refractivity contribution is -0.889. The lowest BCUT2D eigenvalue weighted by Gasteiger charge is -2.34. The summed E-state index contributed by atoms with van der Waals surface area (Å²) in [5.41, 5.74) is 0. The van der Waals surface area contributed by atoms with Gasteiger partial charge in [0.1, 0.15) is 12.6 Å². The van der Waals surface area contributed by atoms with Crippen LogP contribution >= 0.6 is 0 Å². The Kier molecular flexibility index (Phi) is 35.5. The van der Waals surface area contributed by atoms with E-state index in [2.05, 4.69) is 86.8 Å². The number of allylic oxidation sites excluding steroid dienone is 12. The number of nitrogens with zero attached hydrogens (tertiary/aromatic N) is 1. The lowest BCUT2D eigenvalue weighted by atomic mass is 10.1. The molecule has 2 unspecified atom stereocenters. The average molecular weight is 770 g/mol. The second-order valence-electron chi connectivity index (χ2n) is 15.2. The Labute approximate surface area is 336 Å². The van der Waals surface area contributed by atoms with E-state index in [0.29, 0.717) is 12.8 Å². The molecule has 0 spiro atoms. The number of likely N-dealkylation sites (N-methyl/N-ethyl adjacent to an activating group) is 1. The first kappa shape index (κ1) is 51.8. The number of unbranched alkanes of at least 4 members (excludes halogenated alkanes) is 11. The predicted octanol–water partition coefficient (Wildman–Crippen LogP) is 10.2. The zero-order valence-electron chi connectivity index (χ0n) is 35.6. The van der Waals surface area contributed by atoms with Crippen LogP contribution in [0.5, 0.6) is 0 Å². The third kappa shape index (κ3) is 36.2. The number of aliphatic carboxylic acids is 1. The maximum Gasteiger partial charge on any atom is 0.306 e. The number of esters is 2. The van der Waals surface area contributed by atoms with Crippen LogP contribution in [0.4, 0.5) is 0 Å². The topological polar surface area (TPSA) is 102 Å². The minimum absolute atomic E-state index is 0.0222. The molecule has 8 nitrogen and oxygen atoms in total. The summed E-state index contributed by atoms with van der Waals surface area (Å²) in [6, 6.07) is -0.734. The quantitative estimate of drug-likeness (QED) is 0.0268. The van der Waals surface area contributed by atoms with Gasteiger partial charge < -0.3 is 28.6 Å². The van der Waals surface area contributed by atoms with Crippen LogP contribution in [-0.4, -0.2) is 75.5 Å². The molecule has 0 saturated carbocycles. The van der Waals surface area contributed by atoms with Gasteiger partial charge in [0.05, 0.1) is 40.3 Å². The molecule has 0 amide bonds. The summed E-state index contributed by atoms with van der Waals surface area (Å²) in [7, 11) is 5.38. The van der Waals surface area contributed by atoms with E-state index in [0.717, 1.165) is 77.0 Å². The fraction of sp³-hybridized carbons (Fsp3) is 0.681.